The Morgan fingerprint density at radius 1 is 1.18 bits per heavy atom. The predicted molar refractivity (Wildman–Crippen MR) is 160 cm³/mol. The zero-order valence-corrected chi connectivity index (χ0v) is 25.3. The van der Waals surface area contributed by atoms with Crippen molar-refractivity contribution in [2.45, 2.75) is 81.6 Å². The summed E-state index contributed by atoms with van der Waals surface area (Å²) in [5.74, 6) is 0.0563. The van der Waals surface area contributed by atoms with E-state index in [0.717, 1.165) is 29.5 Å². The summed E-state index contributed by atoms with van der Waals surface area (Å²) in [7, 11) is 1.58. The fourth-order valence-corrected chi connectivity index (χ4v) is 7.85. The first kappa shape index (κ1) is 30.1. The van der Waals surface area contributed by atoms with Crippen molar-refractivity contribution in [3.05, 3.63) is 71.0 Å². The molecule has 1 heterocycles. The molecule has 1 amide bonds. The second-order valence-corrected chi connectivity index (χ2v) is 12.6. The fourth-order valence-electron chi connectivity index (χ4n) is 7.85. The number of carbonyl (C=O) groups excluding carboxylic acids is 3. The monoisotopic (exact) mass is 604 g/mol. The van der Waals surface area contributed by atoms with E-state index in [0.29, 0.717) is 42.4 Å². The molecule has 44 heavy (non-hydrogen) atoms. The summed E-state index contributed by atoms with van der Waals surface area (Å²) in [6, 6.07) is 12.6. The van der Waals surface area contributed by atoms with Crippen LogP contribution in [0.4, 0.5) is 0 Å². The van der Waals surface area contributed by atoms with Gasteiger partial charge in [-0.3, -0.25) is 9.59 Å². The Hall–Kier alpha value is -3.89. The minimum atomic E-state index is -1.20. The number of nitrogens with one attached hydrogen (secondary N) is 1. The van der Waals surface area contributed by atoms with Crippen LogP contribution in [0.2, 0.25) is 0 Å². The molecule has 1 spiro atoms. The van der Waals surface area contributed by atoms with Crippen molar-refractivity contribution in [2.75, 3.05) is 13.7 Å². The number of esters is 2. The Labute approximate surface area is 256 Å². The molecule has 10 heteroatoms. The third-order valence-electron chi connectivity index (χ3n) is 10.1. The number of carbonyl (C=O) groups is 3. The molecular weight excluding hydrogens is 564 g/mol. The number of methoxy groups -OCH3 is 1. The van der Waals surface area contributed by atoms with Crippen LogP contribution in [0.15, 0.2) is 54.3 Å². The molecule has 234 valence electrons. The third-order valence-corrected chi connectivity index (χ3v) is 10.1. The van der Waals surface area contributed by atoms with Gasteiger partial charge in [0.2, 0.25) is 5.91 Å². The first-order chi connectivity index (χ1) is 21.1. The van der Waals surface area contributed by atoms with Crippen molar-refractivity contribution in [2.24, 2.45) is 17.6 Å². The SMILES string of the molecule is COc1ccc2c3c1O[C@H]1C(OC(=O)[C@H](C)OC(=O)CCNC(=O)[C@@H](N)Cc4ccccc4)=CC[C@@]4(O)[C@@H](C2)C(C)CC[C@]314. The Morgan fingerprint density at radius 2 is 1.95 bits per heavy atom. The zero-order chi connectivity index (χ0) is 31.2. The van der Waals surface area contributed by atoms with E-state index < -0.39 is 41.2 Å². The van der Waals surface area contributed by atoms with Gasteiger partial charge in [-0.15, -0.1) is 0 Å². The minimum absolute atomic E-state index is 0.0199. The number of rotatable bonds is 10. The Morgan fingerprint density at radius 3 is 2.70 bits per heavy atom. The van der Waals surface area contributed by atoms with Gasteiger partial charge in [-0.2, -0.15) is 0 Å². The van der Waals surface area contributed by atoms with Crippen LogP contribution in [-0.2, 0) is 42.1 Å². The molecule has 4 N–H and O–H groups in total. The number of amides is 1. The highest BCUT2D eigenvalue weighted by atomic mass is 16.6. The largest absolute Gasteiger partial charge is 0.493 e. The molecule has 4 aliphatic rings. The summed E-state index contributed by atoms with van der Waals surface area (Å²) in [6.45, 7) is 3.65. The van der Waals surface area contributed by atoms with Crippen LogP contribution in [-0.4, -0.2) is 60.5 Å². The van der Waals surface area contributed by atoms with Crippen molar-refractivity contribution in [3.63, 3.8) is 0 Å². The standard InChI is InChI=1S/C34H40N2O8/c1-19-11-14-33-28-22-9-10-25(41-3)29(28)44-30(33)26(12-15-34(33,40)23(19)18-22)43-32(39)20(2)42-27(37)13-16-36-31(38)24(35)17-21-7-5-4-6-8-21/h4-10,12,19-20,23-24,30,40H,11,13-18,35H2,1-3H3,(H,36,38)/t19?,20-,23-,24-,30-,33-,34+/m0/s1. The van der Waals surface area contributed by atoms with Gasteiger partial charge in [0.15, 0.2) is 23.7 Å². The fraction of sp³-hybridized carbons (Fsp3) is 0.500. The number of nitrogens with two attached hydrogens (primary N) is 1. The lowest BCUT2D eigenvalue weighted by Crippen LogP contribution is -2.69. The van der Waals surface area contributed by atoms with E-state index >= 15 is 0 Å². The first-order valence-corrected chi connectivity index (χ1v) is 15.4. The summed E-state index contributed by atoms with van der Waals surface area (Å²) in [5.41, 5.74) is 7.20. The molecule has 2 bridgehead atoms. The predicted octanol–water partition coefficient (Wildman–Crippen LogP) is 2.87. The maximum Gasteiger partial charge on any atom is 0.352 e. The lowest BCUT2D eigenvalue weighted by atomic mass is 9.45. The molecule has 10 nitrogen and oxygen atoms in total. The van der Waals surface area contributed by atoms with Gasteiger partial charge in [0.25, 0.3) is 0 Å². The van der Waals surface area contributed by atoms with E-state index in [1.54, 1.807) is 13.2 Å². The molecule has 1 saturated carbocycles. The maximum atomic E-state index is 13.2. The Balaban J connectivity index is 1.09. The molecule has 0 aromatic heterocycles. The van der Waals surface area contributed by atoms with Gasteiger partial charge in [0.05, 0.1) is 30.6 Å². The molecule has 6 rings (SSSR count). The summed E-state index contributed by atoms with van der Waals surface area (Å²) in [6.07, 6.45) is 2.73. The van der Waals surface area contributed by atoms with Crippen molar-refractivity contribution in [3.8, 4) is 11.5 Å². The summed E-state index contributed by atoms with van der Waals surface area (Å²) < 4.78 is 23.3. The van der Waals surface area contributed by atoms with Crippen LogP contribution >= 0.6 is 0 Å². The molecule has 0 radical (unpaired) electrons. The highest BCUT2D eigenvalue weighted by Crippen LogP contribution is 2.68. The molecule has 1 unspecified atom stereocenters. The molecule has 3 aliphatic carbocycles. The van der Waals surface area contributed by atoms with Crippen LogP contribution in [0.3, 0.4) is 0 Å². The third kappa shape index (κ3) is 4.84. The van der Waals surface area contributed by atoms with E-state index in [-0.39, 0.29) is 24.8 Å². The highest BCUT2D eigenvalue weighted by molar-refractivity contribution is 5.83. The van der Waals surface area contributed by atoms with Crippen molar-refractivity contribution >= 4 is 17.8 Å². The van der Waals surface area contributed by atoms with E-state index in [1.807, 2.05) is 36.4 Å². The summed E-state index contributed by atoms with van der Waals surface area (Å²) in [4.78, 5) is 38.0. The zero-order valence-electron chi connectivity index (χ0n) is 25.3. The number of aliphatic hydroxyl groups is 1. The Bertz CT molecular complexity index is 1490. The van der Waals surface area contributed by atoms with Gasteiger partial charge < -0.3 is 35.1 Å². The van der Waals surface area contributed by atoms with Crippen molar-refractivity contribution in [1.29, 1.82) is 0 Å². The molecule has 0 saturated heterocycles. The van der Waals surface area contributed by atoms with Gasteiger partial charge >= 0.3 is 11.9 Å². The van der Waals surface area contributed by atoms with Crippen LogP contribution in [0.5, 0.6) is 11.5 Å². The van der Waals surface area contributed by atoms with Crippen molar-refractivity contribution < 1.29 is 38.4 Å². The normalized spacial score (nSPS) is 28.8. The summed E-state index contributed by atoms with van der Waals surface area (Å²) in [5, 5.41) is 15.0. The molecule has 2 aromatic carbocycles. The lowest BCUT2D eigenvalue weighted by molar-refractivity contribution is -0.176. The van der Waals surface area contributed by atoms with E-state index in [1.165, 1.54) is 6.92 Å². The molecule has 1 aliphatic heterocycles. The minimum Gasteiger partial charge on any atom is -0.493 e. The average Bonchev–Trinajstić information content (AvgIpc) is 3.36. The van der Waals surface area contributed by atoms with Crippen LogP contribution in [0, 0.1) is 11.8 Å². The number of hydrogen-bond donors (Lipinski definition) is 3. The smallest absolute Gasteiger partial charge is 0.352 e. The lowest BCUT2D eigenvalue weighted by Gasteiger charge is -2.61. The van der Waals surface area contributed by atoms with Gasteiger partial charge in [-0.05, 0) is 74.1 Å². The molecule has 1 fully saturated rings. The number of ether oxygens (including phenoxy) is 4. The molecule has 7 atom stereocenters. The second-order valence-electron chi connectivity index (χ2n) is 12.6. The molecular formula is C34H40N2O8. The quantitative estimate of drug-likeness (QED) is 0.349. The van der Waals surface area contributed by atoms with Gasteiger partial charge in [-0.25, -0.2) is 4.79 Å². The number of benzene rings is 2. The highest BCUT2D eigenvalue weighted by Gasteiger charge is 2.72. The maximum absolute atomic E-state index is 13.2. The Kier molecular flexibility index (Phi) is 7.92. The average molecular weight is 605 g/mol. The molecule has 2 aromatic rings. The van der Waals surface area contributed by atoms with Crippen LogP contribution in [0.1, 0.15) is 56.2 Å². The van der Waals surface area contributed by atoms with Gasteiger partial charge in [0, 0.05) is 12.1 Å². The van der Waals surface area contributed by atoms with E-state index in [2.05, 4.69) is 18.3 Å². The van der Waals surface area contributed by atoms with Crippen LogP contribution < -0.4 is 20.5 Å². The van der Waals surface area contributed by atoms with Gasteiger partial charge in [-0.1, -0.05) is 43.3 Å². The van der Waals surface area contributed by atoms with E-state index in [9.17, 15) is 19.5 Å². The van der Waals surface area contributed by atoms with Gasteiger partial charge in [0.1, 0.15) is 5.76 Å². The van der Waals surface area contributed by atoms with E-state index in [4.69, 9.17) is 24.7 Å². The van der Waals surface area contributed by atoms with Crippen molar-refractivity contribution in [1.82, 2.24) is 5.32 Å². The second kappa shape index (κ2) is 11.6. The topological polar surface area (TPSA) is 146 Å². The number of hydrogen-bond acceptors (Lipinski definition) is 9. The first-order valence-electron chi connectivity index (χ1n) is 15.4. The summed E-state index contributed by atoms with van der Waals surface area (Å²) >= 11 is 0. The van der Waals surface area contributed by atoms with Crippen LogP contribution in [0.25, 0.3) is 0 Å².